The van der Waals surface area contributed by atoms with Gasteiger partial charge in [0.25, 0.3) is 0 Å². The molecule has 1 N–H and O–H groups in total. The molecule has 2 aromatic carbocycles. The summed E-state index contributed by atoms with van der Waals surface area (Å²) < 4.78 is 11.2. The van der Waals surface area contributed by atoms with Crippen molar-refractivity contribution >= 4 is 17.7 Å². The summed E-state index contributed by atoms with van der Waals surface area (Å²) in [6.45, 7) is 8.99. The van der Waals surface area contributed by atoms with Crippen LogP contribution in [0.25, 0.3) is 6.08 Å². The third kappa shape index (κ3) is 6.48. The number of benzene rings is 2. The van der Waals surface area contributed by atoms with Crippen molar-refractivity contribution in [3.63, 3.8) is 0 Å². The van der Waals surface area contributed by atoms with Gasteiger partial charge in [0.1, 0.15) is 0 Å². The van der Waals surface area contributed by atoms with Gasteiger partial charge in [0.15, 0.2) is 11.5 Å². The van der Waals surface area contributed by atoms with Crippen LogP contribution in [-0.4, -0.2) is 19.6 Å². The van der Waals surface area contributed by atoms with Gasteiger partial charge in [-0.05, 0) is 61.6 Å². The zero-order valence-electron chi connectivity index (χ0n) is 16.8. The van der Waals surface area contributed by atoms with Gasteiger partial charge in [-0.15, -0.1) is 0 Å². The number of anilines is 1. The highest BCUT2D eigenvalue weighted by atomic mass is 16.5. The molecule has 0 spiro atoms. The molecule has 0 heterocycles. The summed E-state index contributed by atoms with van der Waals surface area (Å²) in [6.07, 6.45) is 4.27. The number of rotatable bonds is 8. The fourth-order valence-corrected chi connectivity index (χ4v) is 2.61. The molecule has 0 aliphatic heterocycles. The van der Waals surface area contributed by atoms with E-state index in [2.05, 4.69) is 19.2 Å². The number of carbonyl (C=O) groups excluding carboxylic acids is 1. The number of hydrogen-bond acceptors (Lipinski definition) is 3. The molecule has 27 heavy (non-hydrogen) atoms. The van der Waals surface area contributed by atoms with Gasteiger partial charge < -0.3 is 14.8 Å². The lowest BCUT2D eigenvalue weighted by molar-refractivity contribution is -0.111. The second kappa shape index (κ2) is 9.81. The molecule has 0 saturated heterocycles. The molecular weight excluding hydrogens is 338 g/mol. The summed E-state index contributed by atoms with van der Waals surface area (Å²) in [6, 6.07) is 11.6. The highest BCUT2D eigenvalue weighted by Gasteiger charge is 2.06. The normalized spacial score (nSPS) is 11.0. The molecular formula is C23H29NO3. The fourth-order valence-electron chi connectivity index (χ4n) is 2.61. The van der Waals surface area contributed by atoms with Gasteiger partial charge in [0, 0.05) is 11.8 Å². The van der Waals surface area contributed by atoms with Gasteiger partial charge in [0.2, 0.25) is 5.91 Å². The Labute approximate surface area is 162 Å². The molecule has 2 aromatic rings. The maximum absolute atomic E-state index is 12.2. The third-order valence-electron chi connectivity index (χ3n) is 4.21. The Morgan fingerprint density at radius 3 is 2.56 bits per heavy atom. The Morgan fingerprint density at radius 2 is 1.89 bits per heavy atom. The second-order valence-electron chi connectivity index (χ2n) is 7.08. The SMILES string of the molecule is COc1cc(C=CC(=O)Nc2ccc(C)cc2C)ccc1OCCC(C)C. The van der Waals surface area contributed by atoms with Gasteiger partial charge >= 0.3 is 0 Å². The molecule has 4 heteroatoms. The predicted molar refractivity (Wildman–Crippen MR) is 112 cm³/mol. The lowest BCUT2D eigenvalue weighted by Gasteiger charge is -2.12. The van der Waals surface area contributed by atoms with E-state index >= 15 is 0 Å². The third-order valence-corrected chi connectivity index (χ3v) is 4.21. The summed E-state index contributed by atoms with van der Waals surface area (Å²) in [5.74, 6) is 1.80. The van der Waals surface area contributed by atoms with Crippen LogP contribution in [0.2, 0.25) is 0 Å². The zero-order valence-corrected chi connectivity index (χ0v) is 16.8. The molecule has 0 aliphatic rings. The molecule has 0 fully saturated rings. The van der Waals surface area contributed by atoms with Crippen molar-refractivity contribution in [2.45, 2.75) is 34.1 Å². The van der Waals surface area contributed by atoms with E-state index in [0.717, 1.165) is 29.0 Å². The van der Waals surface area contributed by atoms with Crippen molar-refractivity contribution in [2.24, 2.45) is 5.92 Å². The number of aryl methyl sites for hydroxylation is 2. The lowest BCUT2D eigenvalue weighted by atomic mass is 10.1. The average molecular weight is 367 g/mol. The number of methoxy groups -OCH3 is 1. The molecule has 0 bridgehead atoms. The van der Waals surface area contributed by atoms with Crippen molar-refractivity contribution in [2.75, 3.05) is 19.0 Å². The molecule has 0 unspecified atom stereocenters. The Bertz CT molecular complexity index is 809. The Morgan fingerprint density at radius 1 is 1.11 bits per heavy atom. The maximum atomic E-state index is 12.2. The first-order chi connectivity index (χ1) is 12.9. The zero-order chi connectivity index (χ0) is 19.8. The van der Waals surface area contributed by atoms with Crippen molar-refractivity contribution in [1.82, 2.24) is 0 Å². The largest absolute Gasteiger partial charge is 0.493 e. The minimum absolute atomic E-state index is 0.168. The minimum Gasteiger partial charge on any atom is -0.493 e. The van der Waals surface area contributed by atoms with Crippen LogP contribution >= 0.6 is 0 Å². The maximum Gasteiger partial charge on any atom is 0.248 e. The second-order valence-corrected chi connectivity index (χ2v) is 7.08. The van der Waals surface area contributed by atoms with Crippen LogP contribution in [-0.2, 0) is 4.79 Å². The fraction of sp³-hybridized carbons (Fsp3) is 0.348. The smallest absolute Gasteiger partial charge is 0.248 e. The van der Waals surface area contributed by atoms with E-state index in [4.69, 9.17) is 9.47 Å². The molecule has 0 radical (unpaired) electrons. The summed E-state index contributed by atoms with van der Waals surface area (Å²) in [5.41, 5.74) is 3.91. The standard InChI is InChI=1S/C23H29NO3/c1-16(2)12-13-27-21-10-7-19(15-22(21)26-5)8-11-23(25)24-20-9-6-17(3)14-18(20)4/h6-11,14-16H,12-13H2,1-5H3,(H,24,25). The first-order valence-corrected chi connectivity index (χ1v) is 9.26. The van der Waals surface area contributed by atoms with Gasteiger partial charge in [-0.3, -0.25) is 4.79 Å². The van der Waals surface area contributed by atoms with Crippen LogP contribution in [0.1, 0.15) is 37.0 Å². The van der Waals surface area contributed by atoms with Crippen molar-refractivity contribution < 1.29 is 14.3 Å². The quantitative estimate of drug-likeness (QED) is 0.637. The van der Waals surface area contributed by atoms with Crippen molar-refractivity contribution in [3.05, 3.63) is 59.2 Å². The minimum atomic E-state index is -0.168. The Hall–Kier alpha value is -2.75. The first-order valence-electron chi connectivity index (χ1n) is 9.26. The number of hydrogen-bond donors (Lipinski definition) is 1. The lowest BCUT2D eigenvalue weighted by Crippen LogP contribution is -2.09. The highest BCUT2D eigenvalue weighted by molar-refractivity contribution is 6.02. The van der Waals surface area contributed by atoms with Crippen LogP contribution in [0.5, 0.6) is 11.5 Å². The number of nitrogens with one attached hydrogen (secondary N) is 1. The molecule has 0 aliphatic carbocycles. The average Bonchev–Trinajstić information content (AvgIpc) is 2.62. The van der Waals surface area contributed by atoms with Crippen LogP contribution in [0.15, 0.2) is 42.5 Å². The van der Waals surface area contributed by atoms with Crippen molar-refractivity contribution in [1.29, 1.82) is 0 Å². The van der Waals surface area contributed by atoms with E-state index in [-0.39, 0.29) is 5.91 Å². The monoisotopic (exact) mass is 367 g/mol. The molecule has 0 aromatic heterocycles. The van der Waals surface area contributed by atoms with Gasteiger partial charge in [-0.1, -0.05) is 37.6 Å². The van der Waals surface area contributed by atoms with Crippen LogP contribution < -0.4 is 14.8 Å². The predicted octanol–water partition coefficient (Wildman–Crippen LogP) is 5.39. The van der Waals surface area contributed by atoms with E-state index in [1.165, 1.54) is 11.6 Å². The van der Waals surface area contributed by atoms with E-state index < -0.39 is 0 Å². The molecule has 1 amide bonds. The molecule has 2 rings (SSSR count). The van der Waals surface area contributed by atoms with E-state index in [1.807, 2.05) is 50.2 Å². The summed E-state index contributed by atoms with van der Waals surface area (Å²) in [4.78, 5) is 12.2. The molecule has 4 nitrogen and oxygen atoms in total. The molecule has 0 saturated carbocycles. The van der Waals surface area contributed by atoms with Crippen LogP contribution in [0.4, 0.5) is 5.69 Å². The molecule has 144 valence electrons. The Balaban J connectivity index is 2.01. The van der Waals surface area contributed by atoms with Gasteiger partial charge in [-0.25, -0.2) is 0 Å². The Kier molecular flexibility index (Phi) is 7.47. The van der Waals surface area contributed by atoms with Gasteiger partial charge in [0.05, 0.1) is 13.7 Å². The van der Waals surface area contributed by atoms with Crippen LogP contribution in [0.3, 0.4) is 0 Å². The van der Waals surface area contributed by atoms with Crippen molar-refractivity contribution in [3.8, 4) is 11.5 Å². The first kappa shape index (κ1) is 20.6. The summed E-state index contributed by atoms with van der Waals surface area (Å²) in [7, 11) is 1.62. The topological polar surface area (TPSA) is 47.6 Å². The number of ether oxygens (including phenoxy) is 2. The van der Waals surface area contributed by atoms with E-state index in [1.54, 1.807) is 13.2 Å². The summed E-state index contributed by atoms with van der Waals surface area (Å²) >= 11 is 0. The van der Waals surface area contributed by atoms with Gasteiger partial charge in [-0.2, -0.15) is 0 Å². The summed E-state index contributed by atoms with van der Waals surface area (Å²) in [5, 5.41) is 2.90. The number of amides is 1. The molecule has 0 atom stereocenters. The van der Waals surface area contributed by atoms with E-state index in [0.29, 0.717) is 18.3 Å². The highest BCUT2D eigenvalue weighted by Crippen LogP contribution is 2.29. The van der Waals surface area contributed by atoms with Crippen LogP contribution in [0, 0.1) is 19.8 Å². The van der Waals surface area contributed by atoms with E-state index in [9.17, 15) is 4.79 Å². The number of carbonyl (C=O) groups is 1.